The first-order valence-electron chi connectivity index (χ1n) is 5.46. The van der Waals surface area contributed by atoms with Gasteiger partial charge < -0.3 is 5.73 Å². The molecule has 76 valence electrons. The summed E-state index contributed by atoms with van der Waals surface area (Å²) in [7, 11) is 0. The topological polar surface area (TPSA) is 26.0 Å². The Morgan fingerprint density at radius 2 is 2.00 bits per heavy atom. The lowest BCUT2D eigenvalue weighted by Crippen LogP contribution is -2.14. The molecule has 1 saturated carbocycles. The average molecular weight is 189 g/mol. The molecule has 0 unspecified atom stereocenters. The molecule has 0 atom stereocenters. The number of benzene rings is 1. The fourth-order valence-electron chi connectivity index (χ4n) is 2.49. The Labute approximate surface area is 86.3 Å². The molecule has 0 aromatic heterocycles. The second-order valence-corrected chi connectivity index (χ2v) is 4.64. The lowest BCUT2D eigenvalue weighted by molar-refractivity contribution is 0.625. The highest BCUT2D eigenvalue weighted by molar-refractivity contribution is 5.40. The van der Waals surface area contributed by atoms with Gasteiger partial charge in [-0.1, -0.05) is 23.8 Å². The van der Waals surface area contributed by atoms with Gasteiger partial charge in [-0.25, -0.2) is 0 Å². The molecule has 0 heterocycles. The normalized spacial score (nSPS) is 18.2. The minimum atomic E-state index is 0.451. The smallest absolute Gasteiger partial charge is 0.00317 e. The number of nitrogens with two attached hydrogens (primary N) is 1. The molecule has 0 bridgehead atoms. The van der Waals surface area contributed by atoms with Crippen molar-refractivity contribution >= 4 is 0 Å². The van der Waals surface area contributed by atoms with Gasteiger partial charge in [0.2, 0.25) is 0 Å². The molecule has 2 N–H and O–H groups in total. The Bertz CT molecular complexity index is 337. The maximum atomic E-state index is 5.67. The van der Waals surface area contributed by atoms with Gasteiger partial charge in [-0.2, -0.15) is 0 Å². The molecule has 0 amide bonds. The molecule has 2 rings (SSSR count). The Morgan fingerprint density at radius 1 is 1.29 bits per heavy atom. The van der Waals surface area contributed by atoms with Gasteiger partial charge in [0.15, 0.2) is 0 Å². The third-order valence-electron chi connectivity index (χ3n) is 3.43. The lowest BCUT2D eigenvalue weighted by atomic mass is 9.88. The summed E-state index contributed by atoms with van der Waals surface area (Å²) < 4.78 is 0. The zero-order chi connectivity index (χ0) is 10.2. The van der Waals surface area contributed by atoms with Gasteiger partial charge in [0.1, 0.15) is 0 Å². The summed E-state index contributed by atoms with van der Waals surface area (Å²) in [5.74, 6) is 0. The SMILES string of the molecule is Cc1ccc(C2(CCN)CC2)c(C)c1. The molecule has 1 nitrogen and oxygen atoms in total. The van der Waals surface area contributed by atoms with E-state index in [9.17, 15) is 0 Å². The van der Waals surface area contributed by atoms with Crippen LogP contribution in [-0.2, 0) is 5.41 Å². The van der Waals surface area contributed by atoms with Crippen molar-refractivity contribution in [2.75, 3.05) is 6.54 Å². The van der Waals surface area contributed by atoms with Gasteiger partial charge in [0.05, 0.1) is 0 Å². The molecule has 14 heavy (non-hydrogen) atoms. The van der Waals surface area contributed by atoms with Crippen LogP contribution in [0.4, 0.5) is 0 Å². The molecule has 0 aliphatic heterocycles. The van der Waals surface area contributed by atoms with Gasteiger partial charge in [-0.05, 0) is 56.2 Å². The Balaban J connectivity index is 2.32. The van der Waals surface area contributed by atoms with Crippen LogP contribution in [0.5, 0.6) is 0 Å². The second-order valence-electron chi connectivity index (χ2n) is 4.64. The molecular formula is C13H19N. The summed E-state index contributed by atoms with van der Waals surface area (Å²) >= 11 is 0. The highest BCUT2D eigenvalue weighted by atomic mass is 14.6. The number of rotatable bonds is 3. The zero-order valence-electron chi connectivity index (χ0n) is 9.14. The van der Waals surface area contributed by atoms with Gasteiger partial charge in [-0.15, -0.1) is 0 Å². The Kier molecular flexibility index (Phi) is 2.36. The summed E-state index contributed by atoms with van der Waals surface area (Å²) in [6, 6.07) is 6.80. The number of aryl methyl sites for hydroxylation is 2. The van der Waals surface area contributed by atoms with E-state index in [0.29, 0.717) is 5.41 Å². The van der Waals surface area contributed by atoms with Crippen molar-refractivity contribution in [3.63, 3.8) is 0 Å². The van der Waals surface area contributed by atoms with E-state index in [1.807, 2.05) is 0 Å². The molecule has 1 aromatic rings. The van der Waals surface area contributed by atoms with Crippen LogP contribution in [-0.4, -0.2) is 6.54 Å². The van der Waals surface area contributed by atoms with E-state index >= 15 is 0 Å². The van der Waals surface area contributed by atoms with Crippen LogP contribution < -0.4 is 5.73 Å². The quantitative estimate of drug-likeness (QED) is 0.777. The molecule has 1 heteroatoms. The largest absolute Gasteiger partial charge is 0.330 e. The van der Waals surface area contributed by atoms with E-state index in [1.54, 1.807) is 0 Å². The molecule has 0 saturated heterocycles. The summed E-state index contributed by atoms with van der Waals surface area (Å²) in [4.78, 5) is 0. The number of hydrogen-bond acceptors (Lipinski definition) is 1. The average Bonchev–Trinajstić information content (AvgIpc) is 2.86. The Hall–Kier alpha value is -0.820. The van der Waals surface area contributed by atoms with Crippen molar-refractivity contribution in [3.8, 4) is 0 Å². The molecule has 0 spiro atoms. The molecule has 1 aromatic carbocycles. The minimum absolute atomic E-state index is 0.451. The highest BCUT2D eigenvalue weighted by Gasteiger charge is 2.43. The van der Waals surface area contributed by atoms with Crippen LogP contribution in [0.2, 0.25) is 0 Å². The van der Waals surface area contributed by atoms with Gasteiger partial charge in [-0.3, -0.25) is 0 Å². The van der Waals surface area contributed by atoms with E-state index < -0.39 is 0 Å². The first-order chi connectivity index (χ1) is 6.68. The third kappa shape index (κ3) is 1.57. The molecule has 1 fully saturated rings. The van der Waals surface area contributed by atoms with E-state index in [4.69, 9.17) is 5.73 Å². The van der Waals surface area contributed by atoms with Crippen LogP contribution in [0.25, 0.3) is 0 Å². The predicted octanol–water partition coefficient (Wildman–Crippen LogP) is 2.68. The van der Waals surface area contributed by atoms with E-state index in [2.05, 4.69) is 32.0 Å². The highest BCUT2D eigenvalue weighted by Crippen LogP contribution is 2.51. The van der Waals surface area contributed by atoms with E-state index in [0.717, 1.165) is 13.0 Å². The summed E-state index contributed by atoms with van der Waals surface area (Å²) in [6.45, 7) is 5.19. The number of hydrogen-bond donors (Lipinski definition) is 1. The third-order valence-corrected chi connectivity index (χ3v) is 3.43. The maximum absolute atomic E-state index is 5.67. The fourth-order valence-corrected chi connectivity index (χ4v) is 2.49. The standard InChI is InChI=1S/C13H19N/c1-10-3-4-12(11(2)9-10)13(5-6-13)7-8-14/h3-4,9H,5-8,14H2,1-2H3. The first kappa shape index (κ1) is 9.72. The van der Waals surface area contributed by atoms with Crippen molar-refractivity contribution in [2.45, 2.75) is 38.5 Å². The summed E-state index contributed by atoms with van der Waals surface area (Å²) in [6.07, 6.45) is 3.80. The van der Waals surface area contributed by atoms with Gasteiger partial charge in [0.25, 0.3) is 0 Å². The lowest BCUT2D eigenvalue weighted by Gasteiger charge is -2.17. The predicted molar refractivity (Wildman–Crippen MR) is 60.5 cm³/mol. The van der Waals surface area contributed by atoms with Crippen molar-refractivity contribution < 1.29 is 0 Å². The fraction of sp³-hybridized carbons (Fsp3) is 0.538. The van der Waals surface area contributed by atoms with Crippen LogP contribution in [0.3, 0.4) is 0 Å². The van der Waals surface area contributed by atoms with Crippen LogP contribution in [0.1, 0.15) is 36.0 Å². The van der Waals surface area contributed by atoms with Crippen molar-refractivity contribution in [2.24, 2.45) is 5.73 Å². The summed E-state index contributed by atoms with van der Waals surface area (Å²) in [5.41, 5.74) is 10.5. The molecular weight excluding hydrogens is 170 g/mol. The maximum Gasteiger partial charge on any atom is -0.00317 e. The molecule has 1 aliphatic carbocycles. The monoisotopic (exact) mass is 189 g/mol. The van der Waals surface area contributed by atoms with E-state index in [1.165, 1.54) is 29.5 Å². The first-order valence-corrected chi connectivity index (χ1v) is 5.46. The second kappa shape index (κ2) is 3.39. The van der Waals surface area contributed by atoms with Gasteiger partial charge in [0, 0.05) is 0 Å². The van der Waals surface area contributed by atoms with Crippen LogP contribution in [0.15, 0.2) is 18.2 Å². The van der Waals surface area contributed by atoms with E-state index in [-0.39, 0.29) is 0 Å². The van der Waals surface area contributed by atoms with Crippen LogP contribution in [0, 0.1) is 13.8 Å². The zero-order valence-corrected chi connectivity index (χ0v) is 9.14. The van der Waals surface area contributed by atoms with Gasteiger partial charge >= 0.3 is 0 Å². The molecule has 0 radical (unpaired) electrons. The molecule has 1 aliphatic rings. The van der Waals surface area contributed by atoms with Crippen LogP contribution >= 0.6 is 0 Å². The van der Waals surface area contributed by atoms with Crippen molar-refractivity contribution in [1.82, 2.24) is 0 Å². The van der Waals surface area contributed by atoms with Crippen molar-refractivity contribution in [1.29, 1.82) is 0 Å². The minimum Gasteiger partial charge on any atom is -0.330 e. The Morgan fingerprint density at radius 3 is 2.50 bits per heavy atom. The van der Waals surface area contributed by atoms with Crippen molar-refractivity contribution in [3.05, 3.63) is 34.9 Å². The summed E-state index contributed by atoms with van der Waals surface area (Å²) in [5, 5.41) is 0.